The smallest absolute Gasteiger partial charge is 0.321 e. The molecule has 0 fully saturated rings. The number of hydrogen-bond acceptors (Lipinski definition) is 6. The second-order valence-corrected chi connectivity index (χ2v) is 10.1. The van der Waals surface area contributed by atoms with Gasteiger partial charge in [0.05, 0.1) is 5.39 Å². The van der Waals surface area contributed by atoms with Crippen molar-refractivity contribution in [2.24, 2.45) is 11.8 Å². The Labute approximate surface area is 178 Å². The third kappa shape index (κ3) is 5.01. The first-order valence-corrected chi connectivity index (χ1v) is 11.8. The predicted molar refractivity (Wildman–Crippen MR) is 118 cm³/mol. The minimum absolute atomic E-state index is 0.0352. The highest BCUT2D eigenvalue weighted by Crippen LogP contribution is 2.36. The summed E-state index contributed by atoms with van der Waals surface area (Å²) < 4.78 is 1.76. The molecule has 2 N–H and O–H groups in total. The SMILES string of the molecule is CNC(=O)NC(=O)CCSc1nc2sc3c(c2c(=O)n1CC(C)C)CCC(C)C3. The van der Waals surface area contributed by atoms with E-state index in [1.165, 1.54) is 29.3 Å². The van der Waals surface area contributed by atoms with Crippen molar-refractivity contribution in [2.75, 3.05) is 12.8 Å². The van der Waals surface area contributed by atoms with Crippen LogP contribution in [0.15, 0.2) is 9.95 Å². The van der Waals surface area contributed by atoms with Crippen LogP contribution in [0.5, 0.6) is 0 Å². The van der Waals surface area contributed by atoms with E-state index in [9.17, 15) is 14.4 Å². The molecule has 3 rings (SSSR count). The first-order chi connectivity index (χ1) is 13.8. The number of rotatable bonds is 6. The van der Waals surface area contributed by atoms with Gasteiger partial charge in [0.1, 0.15) is 4.83 Å². The van der Waals surface area contributed by atoms with Crippen LogP contribution in [0, 0.1) is 11.8 Å². The summed E-state index contributed by atoms with van der Waals surface area (Å²) in [5, 5.41) is 6.05. The number of hydrogen-bond donors (Lipinski definition) is 2. The van der Waals surface area contributed by atoms with Gasteiger partial charge in [-0.05, 0) is 36.7 Å². The monoisotopic (exact) mass is 436 g/mol. The molecule has 2 heterocycles. The van der Waals surface area contributed by atoms with Crippen molar-refractivity contribution in [3.05, 3.63) is 20.8 Å². The zero-order valence-corrected chi connectivity index (χ0v) is 19.0. The summed E-state index contributed by atoms with van der Waals surface area (Å²) in [4.78, 5) is 43.4. The molecule has 0 aliphatic heterocycles. The Balaban J connectivity index is 1.88. The standard InChI is InChI=1S/C20H28N4O3S2/c1-11(2)10-24-18(26)16-13-6-5-12(3)9-14(13)29-17(16)23-20(24)28-8-7-15(25)22-19(27)21-4/h11-12H,5-10H2,1-4H3,(H2,21,22,25,27). The van der Waals surface area contributed by atoms with Gasteiger partial charge in [0.2, 0.25) is 5.91 Å². The van der Waals surface area contributed by atoms with E-state index in [-0.39, 0.29) is 17.9 Å². The molecule has 1 aliphatic carbocycles. The Morgan fingerprint density at radius 2 is 2.14 bits per heavy atom. The summed E-state index contributed by atoms with van der Waals surface area (Å²) in [6, 6.07) is -0.519. The summed E-state index contributed by atoms with van der Waals surface area (Å²) in [5.41, 5.74) is 1.23. The number of nitrogens with one attached hydrogen (secondary N) is 2. The zero-order valence-electron chi connectivity index (χ0n) is 17.3. The quantitative estimate of drug-likeness (QED) is 0.536. The molecule has 0 saturated carbocycles. The fraction of sp³-hybridized carbons (Fsp3) is 0.600. The number of carbonyl (C=O) groups is 2. The third-order valence-corrected chi connectivity index (χ3v) is 7.09. The zero-order chi connectivity index (χ0) is 21.1. The summed E-state index contributed by atoms with van der Waals surface area (Å²) >= 11 is 3.03. The Bertz CT molecular complexity index is 980. The van der Waals surface area contributed by atoms with Gasteiger partial charge in [-0.15, -0.1) is 11.3 Å². The van der Waals surface area contributed by atoms with Crippen molar-refractivity contribution in [3.63, 3.8) is 0 Å². The van der Waals surface area contributed by atoms with E-state index >= 15 is 0 Å². The predicted octanol–water partition coefficient (Wildman–Crippen LogP) is 3.18. The number of thiophene rings is 1. The third-order valence-electron chi connectivity index (χ3n) is 4.97. The van der Waals surface area contributed by atoms with Gasteiger partial charge in [-0.1, -0.05) is 32.5 Å². The summed E-state index contributed by atoms with van der Waals surface area (Å²) in [5.74, 6) is 1.04. The Hall–Kier alpha value is -1.87. The van der Waals surface area contributed by atoms with Gasteiger partial charge < -0.3 is 5.32 Å². The molecule has 0 saturated heterocycles. The van der Waals surface area contributed by atoms with E-state index in [4.69, 9.17) is 4.98 Å². The second kappa shape index (κ2) is 9.30. The molecule has 0 radical (unpaired) electrons. The number of aryl methyl sites for hydroxylation is 1. The minimum atomic E-state index is -0.519. The molecule has 0 aromatic carbocycles. The fourth-order valence-electron chi connectivity index (χ4n) is 3.53. The first kappa shape index (κ1) is 21.8. The topological polar surface area (TPSA) is 93.1 Å². The van der Waals surface area contributed by atoms with Crippen LogP contribution in [0.25, 0.3) is 10.2 Å². The van der Waals surface area contributed by atoms with E-state index in [0.29, 0.717) is 29.3 Å². The first-order valence-electron chi connectivity index (χ1n) is 9.99. The van der Waals surface area contributed by atoms with Crippen LogP contribution in [0.2, 0.25) is 0 Å². The summed E-state index contributed by atoms with van der Waals surface area (Å²) in [6.07, 6.45) is 3.24. The van der Waals surface area contributed by atoms with Gasteiger partial charge in [0, 0.05) is 30.6 Å². The lowest BCUT2D eigenvalue weighted by atomic mass is 9.89. The van der Waals surface area contributed by atoms with E-state index < -0.39 is 6.03 Å². The highest BCUT2D eigenvalue weighted by atomic mass is 32.2. The maximum atomic E-state index is 13.4. The van der Waals surface area contributed by atoms with E-state index in [1.54, 1.807) is 15.9 Å². The van der Waals surface area contributed by atoms with Crippen molar-refractivity contribution >= 4 is 45.3 Å². The van der Waals surface area contributed by atoms with Crippen molar-refractivity contribution in [3.8, 4) is 0 Å². The lowest BCUT2D eigenvalue weighted by Crippen LogP contribution is -2.37. The van der Waals surface area contributed by atoms with Crippen LogP contribution >= 0.6 is 23.1 Å². The molecule has 158 valence electrons. The van der Waals surface area contributed by atoms with Gasteiger partial charge >= 0.3 is 6.03 Å². The Kier molecular flexibility index (Phi) is 7.00. The maximum absolute atomic E-state index is 13.4. The molecular weight excluding hydrogens is 408 g/mol. The van der Waals surface area contributed by atoms with Crippen LogP contribution < -0.4 is 16.2 Å². The molecule has 2 aromatic heterocycles. The minimum Gasteiger partial charge on any atom is -0.341 e. The molecule has 1 unspecified atom stereocenters. The molecular formula is C20H28N4O3S2. The van der Waals surface area contributed by atoms with Crippen LogP contribution in [-0.4, -0.2) is 34.3 Å². The number of fused-ring (bicyclic) bond motifs is 3. The Morgan fingerprint density at radius 3 is 2.83 bits per heavy atom. The molecule has 2 aromatic rings. The normalized spacial score (nSPS) is 16.1. The average Bonchev–Trinajstić information content (AvgIpc) is 3.01. The van der Waals surface area contributed by atoms with Crippen LogP contribution in [-0.2, 0) is 24.2 Å². The maximum Gasteiger partial charge on any atom is 0.321 e. The fourth-order valence-corrected chi connectivity index (χ4v) is 5.90. The van der Waals surface area contributed by atoms with Crippen molar-refractivity contribution in [2.45, 2.75) is 58.2 Å². The lowest BCUT2D eigenvalue weighted by Gasteiger charge is -2.18. The number of aromatic nitrogens is 2. The largest absolute Gasteiger partial charge is 0.341 e. The molecule has 7 nitrogen and oxygen atoms in total. The summed E-state index contributed by atoms with van der Waals surface area (Å²) in [6.45, 7) is 7.00. The van der Waals surface area contributed by atoms with Crippen molar-refractivity contribution < 1.29 is 9.59 Å². The number of nitrogens with zero attached hydrogens (tertiary/aromatic N) is 2. The van der Waals surface area contributed by atoms with E-state index in [2.05, 4.69) is 31.4 Å². The number of urea groups is 1. The summed E-state index contributed by atoms with van der Waals surface area (Å²) in [7, 11) is 1.46. The second-order valence-electron chi connectivity index (χ2n) is 7.96. The van der Waals surface area contributed by atoms with Crippen LogP contribution in [0.3, 0.4) is 0 Å². The van der Waals surface area contributed by atoms with Gasteiger partial charge in [-0.3, -0.25) is 19.5 Å². The average molecular weight is 437 g/mol. The molecule has 9 heteroatoms. The van der Waals surface area contributed by atoms with Crippen LogP contribution in [0.4, 0.5) is 4.79 Å². The van der Waals surface area contributed by atoms with Crippen LogP contribution in [0.1, 0.15) is 44.1 Å². The van der Waals surface area contributed by atoms with Gasteiger partial charge in [-0.25, -0.2) is 9.78 Å². The number of thioether (sulfide) groups is 1. The number of carbonyl (C=O) groups excluding carboxylic acids is 2. The van der Waals surface area contributed by atoms with E-state index in [0.717, 1.165) is 29.5 Å². The number of imide groups is 1. The molecule has 3 amide bonds. The highest BCUT2D eigenvalue weighted by molar-refractivity contribution is 7.99. The van der Waals surface area contributed by atoms with Gasteiger partial charge in [-0.2, -0.15) is 0 Å². The molecule has 1 atom stereocenters. The lowest BCUT2D eigenvalue weighted by molar-refractivity contribution is -0.119. The molecule has 29 heavy (non-hydrogen) atoms. The van der Waals surface area contributed by atoms with Crippen molar-refractivity contribution in [1.82, 2.24) is 20.2 Å². The van der Waals surface area contributed by atoms with E-state index in [1.807, 2.05) is 0 Å². The Morgan fingerprint density at radius 1 is 1.38 bits per heavy atom. The molecule has 0 bridgehead atoms. The number of amides is 3. The molecule has 0 spiro atoms. The van der Waals surface area contributed by atoms with Gasteiger partial charge in [0.25, 0.3) is 5.56 Å². The van der Waals surface area contributed by atoms with Gasteiger partial charge in [0.15, 0.2) is 5.16 Å². The van der Waals surface area contributed by atoms with Crippen molar-refractivity contribution in [1.29, 1.82) is 0 Å². The highest BCUT2D eigenvalue weighted by Gasteiger charge is 2.25. The molecule has 1 aliphatic rings.